The van der Waals surface area contributed by atoms with Gasteiger partial charge in [0.15, 0.2) is 18.1 Å². The summed E-state index contributed by atoms with van der Waals surface area (Å²) < 4.78 is 15.9. The van der Waals surface area contributed by atoms with Crippen LogP contribution in [0.2, 0.25) is 10.0 Å². The van der Waals surface area contributed by atoms with Crippen LogP contribution in [-0.4, -0.2) is 26.7 Å². The second kappa shape index (κ2) is 7.94. The molecule has 0 aliphatic carbocycles. The van der Waals surface area contributed by atoms with Crippen LogP contribution >= 0.6 is 23.2 Å². The minimum atomic E-state index is -0.376. The Hall–Kier alpha value is -2.11. The number of methoxy groups -OCH3 is 2. The van der Waals surface area contributed by atoms with Crippen molar-refractivity contribution in [1.82, 2.24) is 0 Å². The van der Waals surface area contributed by atoms with Crippen LogP contribution in [0.5, 0.6) is 17.2 Å². The molecule has 0 aromatic heterocycles. The normalized spacial score (nSPS) is 10.1. The summed E-state index contributed by atoms with van der Waals surface area (Å²) in [5.41, 5.74) is 0.422. The van der Waals surface area contributed by atoms with Crippen molar-refractivity contribution in [2.45, 2.75) is 0 Å². The fourth-order valence-electron chi connectivity index (χ4n) is 1.89. The summed E-state index contributed by atoms with van der Waals surface area (Å²) in [6, 6.07) is 9.96. The highest BCUT2D eigenvalue weighted by Gasteiger charge is 2.13. The summed E-state index contributed by atoms with van der Waals surface area (Å²) in [7, 11) is 3.02. The number of amides is 1. The third kappa shape index (κ3) is 4.43. The van der Waals surface area contributed by atoms with E-state index in [-0.39, 0.29) is 12.5 Å². The first-order valence-electron chi connectivity index (χ1n) is 6.64. The average molecular weight is 356 g/mol. The third-order valence-corrected chi connectivity index (χ3v) is 3.49. The molecule has 0 bridgehead atoms. The Morgan fingerprint density at radius 1 is 1.09 bits per heavy atom. The van der Waals surface area contributed by atoms with Crippen molar-refractivity contribution < 1.29 is 19.0 Å². The fraction of sp³-hybridized carbons (Fsp3) is 0.188. The van der Waals surface area contributed by atoms with Gasteiger partial charge in [-0.2, -0.15) is 0 Å². The first kappa shape index (κ1) is 17.2. The highest BCUT2D eigenvalue weighted by Crippen LogP contribution is 2.36. The van der Waals surface area contributed by atoms with Crippen molar-refractivity contribution in [2.75, 3.05) is 26.1 Å². The lowest BCUT2D eigenvalue weighted by Gasteiger charge is -2.13. The molecule has 0 fully saturated rings. The zero-order valence-electron chi connectivity index (χ0n) is 12.6. The molecule has 0 spiro atoms. The molecule has 0 saturated heterocycles. The van der Waals surface area contributed by atoms with Gasteiger partial charge in [-0.3, -0.25) is 4.79 Å². The van der Waals surface area contributed by atoms with Crippen molar-refractivity contribution in [3.05, 3.63) is 46.4 Å². The Morgan fingerprint density at radius 3 is 2.52 bits per heavy atom. The number of hydrogen-bond acceptors (Lipinski definition) is 4. The molecule has 122 valence electrons. The predicted molar refractivity (Wildman–Crippen MR) is 90.1 cm³/mol. The topological polar surface area (TPSA) is 56.8 Å². The maximum absolute atomic E-state index is 12.0. The number of rotatable bonds is 6. The van der Waals surface area contributed by atoms with Crippen LogP contribution in [0.15, 0.2) is 36.4 Å². The van der Waals surface area contributed by atoms with E-state index in [1.165, 1.54) is 14.2 Å². The van der Waals surface area contributed by atoms with E-state index in [4.69, 9.17) is 37.4 Å². The number of hydrogen-bond donors (Lipinski definition) is 1. The van der Waals surface area contributed by atoms with Gasteiger partial charge in [0.1, 0.15) is 0 Å². The zero-order chi connectivity index (χ0) is 16.8. The SMILES string of the molecule is COc1cccc(OCC(=O)Nc2cc(Cl)ccc2Cl)c1OC. The maximum Gasteiger partial charge on any atom is 0.262 e. The molecule has 1 N–H and O–H groups in total. The van der Waals surface area contributed by atoms with Gasteiger partial charge in [0.25, 0.3) is 5.91 Å². The van der Waals surface area contributed by atoms with E-state index < -0.39 is 0 Å². The van der Waals surface area contributed by atoms with Crippen molar-refractivity contribution in [3.8, 4) is 17.2 Å². The van der Waals surface area contributed by atoms with Gasteiger partial charge in [0, 0.05) is 5.02 Å². The van der Waals surface area contributed by atoms with Gasteiger partial charge in [-0.25, -0.2) is 0 Å². The Balaban J connectivity index is 2.03. The van der Waals surface area contributed by atoms with E-state index in [0.717, 1.165) is 0 Å². The number of ether oxygens (including phenoxy) is 3. The van der Waals surface area contributed by atoms with Gasteiger partial charge in [-0.15, -0.1) is 0 Å². The Morgan fingerprint density at radius 2 is 1.83 bits per heavy atom. The summed E-state index contributed by atoms with van der Waals surface area (Å²) >= 11 is 11.9. The molecule has 2 rings (SSSR count). The number of halogens is 2. The Bertz CT molecular complexity index is 706. The molecule has 5 nitrogen and oxygen atoms in total. The first-order valence-corrected chi connectivity index (χ1v) is 7.39. The van der Waals surface area contributed by atoms with Gasteiger partial charge < -0.3 is 19.5 Å². The lowest BCUT2D eigenvalue weighted by Crippen LogP contribution is -2.20. The minimum Gasteiger partial charge on any atom is -0.493 e. The number of para-hydroxylation sites is 1. The van der Waals surface area contributed by atoms with Gasteiger partial charge in [-0.1, -0.05) is 29.3 Å². The molecule has 0 atom stereocenters. The van der Waals surface area contributed by atoms with Gasteiger partial charge >= 0.3 is 0 Å². The highest BCUT2D eigenvalue weighted by atomic mass is 35.5. The highest BCUT2D eigenvalue weighted by molar-refractivity contribution is 6.35. The molecule has 0 unspecified atom stereocenters. The van der Waals surface area contributed by atoms with E-state index in [2.05, 4.69) is 5.32 Å². The van der Waals surface area contributed by atoms with Crippen molar-refractivity contribution in [1.29, 1.82) is 0 Å². The molecule has 2 aromatic carbocycles. The molecule has 0 radical (unpaired) electrons. The first-order chi connectivity index (χ1) is 11.0. The van der Waals surface area contributed by atoms with E-state index in [1.807, 2.05) is 0 Å². The van der Waals surface area contributed by atoms with Crippen LogP contribution in [0.4, 0.5) is 5.69 Å². The number of carbonyl (C=O) groups is 1. The Kier molecular flexibility index (Phi) is 5.96. The van der Waals surface area contributed by atoms with Crippen LogP contribution in [0.3, 0.4) is 0 Å². The lowest BCUT2D eigenvalue weighted by atomic mass is 10.3. The summed E-state index contributed by atoms with van der Waals surface area (Å²) in [4.78, 5) is 12.0. The molecule has 0 aliphatic heterocycles. The van der Waals surface area contributed by atoms with Crippen molar-refractivity contribution in [2.24, 2.45) is 0 Å². The molecule has 2 aromatic rings. The van der Waals surface area contributed by atoms with E-state index in [9.17, 15) is 4.79 Å². The van der Waals surface area contributed by atoms with Gasteiger partial charge in [0.2, 0.25) is 5.75 Å². The standard InChI is InChI=1S/C16H15Cl2NO4/c1-21-13-4-3-5-14(16(13)22-2)23-9-15(20)19-12-8-10(17)6-7-11(12)18/h3-8H,9H2,1-2H3,(H,19,20). The van der Waals surface area contributed by atoms with E-state index in [0.29, 0.717) is 33.0 Å². The molecule has 0 aliphatic rings. The number of benzene rings is 2. The smallest absolute Gasteiger partial charge is 0.262 e. The number of anilines is 1. The van der Waals surface area contributed by atoms with Crippen molar-refractivity contribution >= 4 is 34.8 Å². The fourth-order valence-corrected chi connectivity index (χ4v) is 2.23. The van der Waals surface area contributed by atoms with E-state index in [1.54, 1.807) is 36.4 Å². The van der Waals surface area contributed by atoms with E-state index >= 15 is 0 Å². The number of nitrogens with one attached hydrogen (secondary N) is 1. The molecule has 1 amide bonds. The van der Waals surface area contributed by atoms with Crippen molar-refractivity contribution in [3.63, 3.8) is 0 Å². The molecular weight excluding hydrogens is 341 g/mol. The van der Waals surface area contributed by atoms with Gasteiger partial charge in [-0.05, 0) is 30.3 Å². The monoisotopic (exact) mass is 355 g/mol. The predicted octanol–water partition coefficient (Wildman–Crippen LogP) is 4.03. The average Bonchev–Trinajstić information content (AvgIpc) is 2.55. The molecular formula is C16H15Cl2NO4. The lowest BCUT2D eigenvalue weighted by molar-refractivity contribution is -0.118. The zero-order valence-corrected chi connectivity index (χ0v) is 14.1. The second-order valence-corrected chi connectivity index (χ2v) is 5.30. The summed E-state index contributed by atoms with van der Waals surface area (Å²) in [6.45, 7) is -0.216. The molecule has 0 saturated carbocycles. The third-order valence-electron chi connectivity index (χ3n) is 2.93. The second-order valence-electron chi connectivity index (χ2n) is 4.45. The minimum absolute atomic E-state index is 0.216. The van der Waals surface area contributed by atoms with Crippen LogP contribution in [0.1, 0.15) is 0 Å². The largest absolute Gasteiger partial charge is 0.493 e. The van der Waals surface area contributed by atoms with Crippen LogP contribution in [-0.2, 0) is 4.79 Å². The quantitative estimate of drug-likeness (QED) is 0.849. The molecule has 23 heavy (non-hydrogen) atoms. The number of carbonyl (C=O) groups excluding carboxylic acids is 1. The van der Waals surface area contributed by atoms with Gasteiger partial charge in [0.05, 0.1) is 24.9 Å². The summed E-state index contributed by atoms with van der Waals surface area (Å²) in [5.74, 6) is 0.963. The molecule has 7 heteroatoms. The van der Waals surface area contributed by atoms with Crippen LogP contribution < -0.4 is 19.5 Å². The summed E-state index contributed by atoms with van der Waals surface area (Å²) in [5, 5.41) is 3.50. The van der Waals surface area contributed by atoms with Crippen LogP contribution in [0, 0.1) is 0 Å². The van der Waals surface area contributed by atoms with Crippen LogP contribution in [0.25, 0.3) is 0 Å². The Labute approximate surface area is 144 Å². The molecule has 0 heterocycles. The summed E-state index contributed by atoms with van der Waals surface area (Å²) in [6.07, 6.45) is 0. The maximum atomic E-state index is 12.0.